The van der Waals surface area contributed by atoms with Gasteiger partial charge in [0.15, 0.2) is 0 Å². The number of likely N-dealkylation sites (N-methyl/N-ethyl adjacent to an activating group) is 1. The van der Waals surface area contributed by atoms with Gasteiger partial charge in [0, 0.05) is 32.1 Å². The first-order valence-corrected chi connectivity index (χ1v) is 9.14. The molecule has 4 rings (SSSR count). The standard InChI is InChI=1S/C20H23N3O3/c1-22-18-13-14(19(24)21-10-9-15-5-4-12-26-15)7-8-16(18)23-11-3-2-6-17(23)20(22)25/h4-5,7-8,12-13,17H,2-3,6,9-11H2,1H3,(H,21,24)/t17-/m1/s1. The highest BCUT2D eigenvalue weighted by atomic mass is 16.3. The van der Waals surface area contributed by atoms with Crippen LogP contribution in [0.3, 0.4) is 0 Å². The van der Waals surface area contributed by atoms with Crippen LogP contribution >= 0.6 is 0 Å². The van der Waals surface area contributed by atoms with E-state index < -0.39 is 0 Å². The molecule has 3 heterocycles. The van der Waals surface area contributed by atoms with E-state index in [0.29, 0.717) is 18.5 Å². The minimum absolute atomic E-state index is 0.0609. The maximum absolute atomic E-state index is 12.7. The fourth-order valence-electron chi connectivity index (χ4n) is 3.85. The molecule has 1 atom stereocenters. The highest BCUT2D eigenvalue weighted by molar-refractivity contribution is 6.07. The van der Waals surface area contributed by atoms with Crippen LogP contribution in [-0.2, 0) is 11.2 Å². The zero-order chi connectivity index (χ0) is 18.1. The van der Waals surface area contributed by atoms with Gasteiger partial charge in [0.1, 0.15) is 11.8 Å². The van der Waals surface area contributed by atoms with Gasteiger partial charge < -0.3 is 19.5 Å². The summed E-state index contributed by atoms with van der Waals surface area (Å²) < 4.78 is 5.27. The Labute approximate surface area is 152 Å². The molecule has 1 fully saturated rings. The summed E-state index contributed by atoms with van der Waals surface area (Å²) in [6, 6.07) is 9.30. The van der Waals surface area contributed by atoms with Crippen LogP contribution in [0.2, 0.25) is 0 Å². The van der Waals surface area contributed by atoms with Crippen molar-refractivity contribution in [1.29, 1.82) is 0 Å². The Morgan fingerprint density at radius 3 is 2.96 bits per heavy atom. The van der Waals surface area contributed by atoms with E-state index in [1.165, 1.54) is 0 Å². The highest BCUT2D eigenvalue weighted by Crippen LogP contribution is 2.39. The maximum Gasteiger partial charge on any atom is 0.251 e. The molecule has 0 saturated carbocycles. The number of rotatable bonds is 4. The van der Waals surface area contributed by atoms with Gasteiger partial charge in [-0.1, -0.05) is 0 Å². The second-order valence-corrected chi connectivity index (χ2v) is 6.89. The predicted molar refractivity (Wildman–Crippen MR) is 99.6 cm³/mol. The van der Waals surface area contributed by atoms with Crippen LogP contribution in [0.5, 0.6) is 0 Å². The van der Waals surface area contributed by atoms with E-state index in [0.717, 1.165) is 42.9 Å². The third-order valence-electron chi connectivity index (χ3n) is 5.26. The summed E-state index contributed by atoms with van der Waals surface area (Å²) in [6.45, 7) is 1.40. The van der Waals surface area contributed by atoms with E-state index in [1.54, 1.807) is 18.2 Å². The predicted octanol–water partition coefficient (Wildman–Crippen LogP) is 2.59. The van der Waals surface area contributed by atoms with Gasteiger partial charge in [-0.25, -0.2) is 0 Å². The molecule has 1 aromatic carbocycles. The fourth-order valence-corrected chi connectivity index (χ4v) is 3.85. The minimum atomic E-state index is -0.138. The Balaban J connectivity index is 1.51. The second-order valence-electron chi connectivity index (χ2n) is 6.89. The maximum atomic E-state index is 12.7. The summed E-state index contributed by atoms with van der Waals surface area (Å²) in [5, 5.41) is 2.91. The van der Waals surface area contributed by atoms with Gasteiger partial charge in [-0.2, -0.15) is 0 Å². The molecule has 136 valence electrons. The first-order chi connectivity index (χ1) is 12.6. The molecular formula is C20H23N3O3. The van der Waals surface area contributed by atoms with Crippen molar-refractivity contribution >= 4 is 23.2 Å². The van der Waals surface area contributed by atoms with Crippen molar-refractivity contribution in [2.45, 2.75) is 31.7 Å². The summed E-state index contributed by atoms with van der Waals surface area (Å²) in [7, 11) is 1.80. The van der Waals surface area contributed by atoms with Crippen molar-refractivity contribution in [3.63, 3.8) is 0 Å². The van der Waals surface area contributed by atoms with Gasteiger partial charge in [0.25, 0.3) is 5.91 Å². The topological polar surface area (TPSA) is 65.8 Å². The van der Waals surface area contributed by atoms with Gasteiger partial charge in [0.2, 0.25) is 5.91 Å². The monoisotopic (exact) mass is 353 g/mol. The molecule has 2 aliphatic heterocycles. The molecule has 26 heavy (non-hydrogen) atoms. The summed E-state index contributed by atoms with van der Waals surface area (Å²) in [5.74, 6) is 0.825. The van der Waals surface area contributed by atoms with Gasteiger partial charge in [0.05, 0.1) is 17.6 Å². The van der Waals surface area contributed by atoms with Crippen molar-refractivity contribution in [3.8, 4) is 0 Å². The number of nitrogens with zero attached hydrogens (tertiary/aromatic N) is 2. The van der Waals surface area contributed by atoms with E-state index in [1.807, 2.05) is 30.3 Å². The summed E-state index contributed by atoms with van der Waals surface area (Å²) >= 11 is 0. The molecule has 0 unspecified atom stereocenters. The number of benzene rings is 1. The molecule has 6 heteroatoms. The quantitative estimate of drug-likeness (QED) is 0.918. The van der Waals surface area contributed by atoms with Crippen molar-refractivity contribution in [1.82, 2.24) is 5.32 Å². The van der Waals surface area contributed by atoms with Crippen LogP contribution in [0, 0.1) is 0 Å². The molecular weight excluding hydrogens is 330 g/mol. The van der Waals surface area contributed by atoms with Crippen LogP contribution in [0.1, 0.15) is 35.4 Å². The number of fused-ring (bicyclic) bond motifs is 3. The van der Waals surface area contributed by atoms with E-state index in [9.17, 15) is 9.59 Å². The molecule has 6 nitrogen and oxygen atoms in total. The van der Waals surface area contributed by atoms with Crippen LogP contribution in [-0.4, -0.2) is 38.0 Å². The fraction of sp³-hybridized carbons (Fsp3) is 0.400. The van der Waals surface area contributed by atoms with Crippen molar-refractivity contribution in [2.24, 2.45) is 0 Å². The van der Waals surface area contributed by atoms with E-state index in [4.69, 9.17) is 4.42 Å². The lowest BCUT2D eigenvalue weighted by molar-refractivity contribution is -0.120. The number of amides is 2. The van der Waals surface area contributed by atoms with Crippen LogP contribution < -0.4 is 15.1 Å². The Bertz CT molecular complexity index is 816. The number of piperidine rings is 1. The third kappa shape index (κ3) is 2.96. The number of carbonyl (C=O) groups excluding carboxylic acids is 2. The lowest BCUT2D eigenvalue weighted by atomic mass is 9.96. The number of anilines is 2. The molecule has 2 aliphatic rings. The molecule has 2 amide bonds. The Morgan fingerprint density at radius 1 is 1.27 bits per heavy atom. The number of hydrogen-bond donors (Lipinski definition) is 1. The minimum Gasteiger partial charge on any atom is -0.469 e. The zero-order valence-electron chi connectivity index (χ0n) is 14.9. The van der Waals surface area contributed by atoms with Crippen molar-refractivity contribution in [2.75, 3.05) is 29.9 Å². The lowest BCUT2D eigenvalue weighted by Gasteiger charge is -2.44. The number of carbonyl (C=O) groups is 2. The van der Waals surface area contributed by atoms with Gasteiger partial charge in [-0.05, 0) is 49.6 Å². The first-order valence-electron chi connectivity index (χ1n) is 9.14. The van der Waals surface area contributed by atoms with Crippen LogP contribution in [0.4, 0.5) is 11.4 Å². The summed E-state index contributed by atoms with van der Waals surface area (Å²) in [4.78, 5) is 29.0. The molecule has 1 saturated heterocycles. The number of hydrogen-bond acceptors (Lipinski definition) is 4. The molecule has 0 radical (unpaired) electrons. The molecule has 0 aliphatic carbocycles. The lowest BCUT2D eigenvalue weighted by Crippen LogP contribution is -2.54. The van der Waals surface area contributed by atoms with Crippen molar-refractivity contribution < 1.29 is 14.0 Å². The summed E-state index contributed by atoms with van der Waals surface area (Å²) in [5.41, 5.74) is 2.43. The molecule has 1 aromatic heterocycles. The van der Waals surface area contributed by atoms with Crippen molar-refractivity contribution in [3.05, 3.63) is 47.9 Å². The largest absolute Gasteiger partial charge is 0.469 e. The number of furan rings is 1. The van der Waals surface area contributed by atoms with E-state index >= 15 is 0 Å². The normalized spacial score (nSPS) is 19.1. The molecule has 0 spiro atoms. The Hall–Kier alpha value is -2.76. The first kappa shape index (κ1) is 16.7. The van der Waals surface area contributed by atoms with Crippen LogP contribution in [0.25, 0.3) is 0 Å². The second kappa shape index (κ2) is 6.86. The SMILES string of the molecule is CN1C(=O)[C@H]2CCCCN2c2ccc(C(=O)NCCc3ccco3)cc21. The smallest absolute Gasteiger partial charge is 0.251 e. The van der Waals surface area contributed by atoms with Gasteiger partial charge >= 0.3 is 0 Å². The van der Waals surface area contributed by atoms with Gasteiger partial charge in [-0.15, -0.1) is 0 Å². The van der Waals surface area contributed by atoms with E-state index in [-0.39, 0.29) is 17.9 Å². The van der Waals surface area contributed by atoms with E-state index in [2.05, 4.69) is 10.2 Å². The highest BCUT2D eigenvalue weighted by Gasteiger charge is 2.37. The average Bonchev–Trinajstić information content (AvgIpc) is 3.19. The molecule has 1 N–H and O–H groups in total. The van der Waals surface area contributed by atoms with Crippen LogP contribution in [0.15, 0.2) is 41.0 Å². The third-order valence-corrected chi connectivity index (χ3v) is 5.26. The summed E-state index contributed by atoms with van der Waals surface area (Å²) in [6.07, 6.45) is 5.37. The number of nitrogens with one attached hydrogen (secondary N) is 1. The average molecular weight is 353 g/mol. The Kier molecular flexibility index (Phi) is 4.41. The molecule has 2 aromatic rings. The zero-order valence-corrected chi connectivity index (χ0v) is 14.9. The van der Waals surface area contributed by atoms with Gasteiger partial charge in [-0.3, -0.25) is 9.59 Å². The Morgan fingerprint density at radius 2 is 2.15 bits per heavy atom. The molecule has 0 bridgehead atoms.